The van der Waals surface area contributed by atoms with Crippen LogP contribution < -0.4 is 5.43 Å². The molecule has 1 aromatic carbocycles. The SMILES string of the molecule is CC1(C)CC(=O)[C@@H]2C(CCc3ccccc3)=NN[C@@H]2C1. The van der Waals surface area contributed by atoms with Crippen LogP contribution in [-0.4, -0.2) is 17.5 Å². The first-order valence-electron chi connectivity index (χ1n) is 7.44. The highest BCUT2D eigenvalue weighted by molar-refractivity contribution is 6.07. The minimum atomic E-state index is 0.0201. The zero-order chi connectivity index (χ0) is 14.2. The van der Waals surface area contributed by atoms with E-state index in [-0.39, 0.29) is 17.4 Å². The number of hydrogen-bond acceptors (Lipinski definition) is 3. The Hall–Kier alpha value is -1.64. The maximum absolute atomic E-state index is 12.4. The summed E-state index contributed by atoms with van der Waals surface area (Å²) in [6, 6.07) is 10.6. The van der Waals surface area contributed by atoms with Gasteiger partial charge in [-0.2, -0.15) is 5.10 Å². The molecule has 1 N–H and O–H groups in total. The molecule has 3 rings (SSSR count). The molecule has 1 heterocycles. The summed E-state index contributed by atoms with van der Waals surface area (Å²) in [6.45, 7) is 4.34. The molecule has 0 radical (unpaired) electrons. The Balaban J connectivity index is 1.66. The summed E-state index contributed by atoms with van der Waals surface area (Å²) >= 11 is 0. The lowest BCUT2D eigenvalue weighted by Crippen LogP contribution is -2.45. The minimum Gasteiger partial charge on any atom is -0.306 e. The second-order valence-corrected chi connectivity index (χ2v) is 6.81. The maximum atomic E-state index is 12.4. The summed E-state index contributed by atoms with van der Waals surface area (Å²) in [4.78, 5) is 12.4. The van der Waals surface area contributed by atoms with Gasteiger partial charge in [0.25, 0.3) is 0 Å². The third kappa shape index (κ3) is 2.62. The van der Waals surface area contributed by atoms with Crippen LogP contribution in [0.5, 0.6) is 0 Å². The zero-order valence-electron chi connectivity index (χ0n) is 12.2. The van der Waals surface area contributed by atoms with Gasteiger partial charge < -0.3 is 5.43 Å². The third-order valence-corrected chi connectivity index (χ3v) is 4.42. The molecular formula is C17H22N2O. The topological polar surface area (TPSA) is 41.5 Å². The highest BCUT2D eigenvalue weighted by Crippen LogP contribution is 2.39. The summed E-state index contributed by atoms with van der Waals surface area (Å²) in [6.07, 6.45) is 3.55. The van der Waals surface area contributed by atoms with Crippen LogP contribution in [0.3, 0.4) is 0 Å². The lowest BCUT2D eigenvalue weighted by Gasteiger charge is -2.36. The molecule has 1 aliphatic carbocycles. The average molecular weight is 270 g/mol. The molecule has 1 fully saturated rings. The van der Waals surface area contributed by atoms with E-state index >= 15 is 0 Å². The number of Topliss-reactive ketones (excluding diaryl/α,β-unsaturated/α-hetero) is 1. The summed E-state index contributed by atoms with van der Waals surface area (Å²) < 4.78 is 0. The van der Waals surface area contributed by atoms with Crippen molar-refractivity contribution in [1.82, 2.24) is 5.43 Å². The Labute approximate surface area is 120 Å². The van der Waals surface area contributed by atoms with Gasteiger partial charge in [-0.05, 0) is 30.2 Å². The number of aryl methyl sites for hydroxylation is 1. The van der Waals surface area contributed by atoms with Crippen molar-refractivity contribution in [2.45, 2.75) is 45.6 Å². The van der Waals surface area contributed by atoms with E-state index in [9.17, 15) is 4.79 Å². The van der Waals surface area contributed by atoms with Crippen LogP contribution in [0.4, 0.5) is 0 Å². The number of fused-ring (bicyclic) bond motifs is 1. The van der Waals surface area contributed by atoms with Crippen molar-refractivity contribution in [3.8, 4) is 0 Å². The van der Waals surface area contributed by atoms with Crippen LogP contribution in [0.2, 0.25) is 0 Å². The molecule has 0 unspecified atom stereocenters. The van der Waals surface area contributed by atoms with Crippen LogP contribution in [-0.2, 0) is 11.2 Å². The Kier molecular flexibility index (Phi) is 3.36. The van der Waals surface area contributed by atoms with Crippen molar-refractivity contribution < 1.29 is 4.79 Å². The molecule has 0 amide bonds. The van der Waals surface area contributed by atoms with Gasteiger partial charge in [-0.25, -0.2) is 0 Å². The predicted molar refractivity (Wildman–Crippen MR) is 80.6 cm³/mol. The molecule has 1 saturated carbocycles. The molecule has 106 valence electrons. The van der Waals surface area contributed by atoms with Crippen molar-refractivity contribution in [3.63, 3.8) is 0 Å². The summed E-state index contributed by atoms with van der Waals surface area (Å²) in [5.41, 5.74) is 5.67. The van der Waals surface area contributed by atoms with Gasteiger partial charge in [0.15, 0.2) is 0 Å². The van der Waals surface area contributed by atoms with Crippen molar-refractivity contribution in [2.75, 3.05) is 0 Å². The normalized spacial score (nSPS) is 27.7. The molecule has 3 heteroatoms. The molecule has 2 aliphatic rings. The van der Waals surface area contributed by atoms with Gasteiger partial charge in [0.2, 0.25) is 0 Å². The number of benzene rings is 1. The Morgan fingerprint density at radius 3 is 2.75 bits per heavy atom. The average Bonchev–Trinajstić information content (AvgIpc) is 2.79. The van der Waals surface area contributed by atoms with E-state index < -0.39 is 0 Å². The predicted octanol–water partition coefficient (Wildman–Crippen LogP) is 2.95. The molecule has 2 atom stereocenters. The van der Waals surface area contributed by atoms with Crippen LogP contribution in [0.15, 0.2) is 35.4 Å². The molecule has 0 spiro atoms. The van der Waals surface area contributed by atoms with E-state index in [2.05, 4.69) is 48.6 Å². The molecule has 1 aromatic rings. The van der Waals surface area contributed by atoms with Crippen molar-refractivity contribution in [1.29, 1.82) is 0 Å². The number of hydrazone groups is 1. The highest BCUT2D eigenvalue weighted by Gasteiger charge is 2.45. The van der Waals surface area contributed by atoms with E-state index in [0.29, 0.717) is 12.2 Å². The lowest BCUT2D eigenvalue weighted by molar-refractivity contribution is -0.126. The first kappa shape index (κ1) is 13.3. The monoisotopic (exact) mass is 270 g/mol. The van der Waals surface area contributed by atoms with E-state index in [1.807, 2.05) is 6.07 Å². The largest absolute Gasteiger partial charge is 0.306 e. The fraction of sp³-hybridized carbons (Fsp3) is 0.529. The zero-order valence-corrected chi connectivity index (χ0v) is 12.2. The van der Waals surface area contributed by atoms with Crippen molar-refractivity contribution in [3.05, 3.63) is 35.9 Å². The van der Waals surface area contributed by atoms with Crippen molar-refractivity contribution in [2.24, 2.45) is 16.4 Å². The van der Waals surface area contributed by atoms with Gasteiger partial charge >= 0.3 is 0 Å². The number of carbonyl (C=O) groups excluding carboxylic acids is 1. The number of carbonyl (C=O) groups is 1. The number of hydrogen-bond donors (Lipinski definition) is 1. The van der Waals surface area contributed by atoms with Crippen LogP contribution in [0, 0.1) is 11.3 Å². The number of nitrogens with one attached hydrogen (secondary N) is 1. The molecule has 0 bridgehead atoms. The summed E-state index contributed by atoms with van der Waals surface area (Å²) in [5.74, 6) is 0.384. The first-order valence-corrected chi connectivity index (χ1v) is 7.44. The second kappa shape index (κ2) is 5.04. The van der Waals surface area contributed by atoms with Crippen LogP contribution in [0.1, 0.15) is 38.7 Å². The van der Waals surface area contributed by atoms with Crippen molar-refractivity contribution >= 4 is 11.5 Å². The Bertz CT molecular complexity index is 533. The molecule has 0 aromatic heterocycles. The molecular weight excluding hydrogens is 248 g/mol. The Morgan fingerprint density at radius 2 is 2.00 bits per heavy atom. The maximum Gasteiger partial charge on any atom is 0.144 e. The van der Waals surface area contributed by atoms with Gasteiger partial charge in [-0.15, -0.1) is 0 Å². The molecule has 20 heavy (non-hydrogen) atoms. The van der Waals surface area contributed by atoms with Gasteiger partial charge in [0, 0.05) is 6.42 Å². The number of ketones is 1. The van der Waals surface area contributed by atoms with Gasteiger partial charge in [0.05, 0.1) is 17.7 Å². The van der Waals surface area contributed by atoms with Gasteiger partial charge in [-0.1, -0.05) is 44.2 Å². The van der Waals surface area contributed by atoms with Crippen LogP contribution in [0.25, 0.3) is 0 Å². The standard InChI is InChI=1S/C17H22N2O/c1-17(2)10-14-16(15(20)11-17)13(18-19-14)9-8-12-6-4-3-5-7-12/h3-7,14,16,19H,8-11H2,1-2H3/t14-,16-/m1/s1. The fourth-order valence-corrected chi connectivity index (χ4v) is 3.49. The first-order chi connectivity index (χ1) is 9.55. The van der Waals surface area contributed by atoms with E-state index in [4.69, 9.17) is 0 Å². The van der Waals surface area contributed by atoms with Crippen LogP contribution >= 0.6 is 0 Å². The van der Waals surface area contributed by atoms with Gasteiger partial charge in [0.1, 0.15) is 5.78 Å². The minimum absolute atomic E-state index is 0.0201. The quantitative estimate of drug-likeness (QED) is 0.917. The number of nitrogens with zero attached hydrogens (tertiary/aromatic N) is 1. The molecule has 1 aliphatic heterocycles. The summed E-state index contributed by atoms with van der Waals surface area (Å²) in [5, 5.41) is 4.46. The molecule has 3 nitrogen and oxygen atoms in total. The van der Waals surface area contributed by atoms with E-state index in [0.717, 1.165) is 25.0 Å². The smallest absolute Gasteiger partial charge is 0.144 e. The number of rotatable bonds is 3. The lowest BCUT2D eigenvalue weighted by atomic mass is 9.68. The second-order valence-electron chi connectivity index (χ2n) is 6.81. The van der Waals surface area contributed by atoms with Gasteiger partial charge in [-0.3, -0.25) is 4.79 Å². The summed E-state index contributed by atoms with van der Waals surface area (Å²) in [7, 11) is 0. The highest BCUT2D eigenvalue weighted by atomic mass is 16.1. The Morgan fingerprint density at radius 1 is 1.25 bits per heavy atom. The fourth-order valence-electron chi connectivity index (χ4n) is 3.49. The van der Waals surface area contributed by atoms with E-state index in [1.54, 1.807) is 0 Å². The molecule has 0 saturated heterocycles. The third-order valence-electron chi connectivity index (χ3n) is 4.42. The van der Waals surface area contributed by atoms with E-state index in [1.165, 1.54) is 5.56 Å².